The van der Waals surface area contributed by atoms with Crippen LogP contribution in [-0.2, 0) is 11.2 Å². The quantitative estimate of drug-likeness (QED) is 0.922. The number of H-pyrrole nitrogens is 1. The lowest BCUT2D eigenvalue weighted by molar-refractivity contribution is 0.0814. The first-order chi connectivity index (χ1) is 12.0. The number of hydrogen-bond donors (Lipinski definition) is 1. The molecule has 2 aromatic rings. The first kappa shape index (κ1) is 17.2. The Balaban J connectivity index is 1.85. The molecule has 0 radical (unpaired) electrons. The van der Waals surface area contributed by atoms with Gasteiger partial charge in [0, 0.05) is 24.6 Å². The summed E-state index contributed by atoms with van der Waals surface area (Å²) in [6.45, 7) is 0.369. The number of amides is 1. The van der Waals surface area contributed by atoms with E-state index in [0.29, 0.717) is 25.1 Å². The summed E-state index contributed by atoms with van der Waals surface area (Å²) in [6.07, 6.45) is 0.657. The lowest BCUT2D eigenvalue weighted by Gasteiger charge is -2.38. The summed E-state index contributed by atoms with van der Waals surface area (Å²) >= 11 is 0. The molecule has 0 spiro atoms. The van der Waals surface area contributed by atoms with Gasteiger partial charge in [-0.2, -0.15) is 5.16 Å². The van der Waals surface area contributed by atoms with Gasteiger partial charge < -0.3 is 14.2 Å². The number of rotatable bonds is 3. The molecule has 1 aromatic carbocycles. The van der Waals surface area contributed by atoms with Gasteiger partial charge in [-0.3, -0.25) is 4.79 Å². The third kappa shape index (κ3) is 3.72. The summed E-state index contributed by atoms with van der Waals surface area (Å²) in [6, 6.07) is 4.22. The lowest BCUT2D eigenvalue weighted by Crippen LogP contribution is -2.46. The number of methoxy groups -OCH3 is 1. The minimum Gasteiger partial charge on any atom is -0.453 e. The number of hydrogen-bond acceptors (Lipinski definition) is 4. The average Bonchev–Trinajstić information content (AvgIpc) is 3.04. The predicted octanol–water partition coefficient (Wildman–Crippen LogP) is 2.80. The van der Waals surface area contributed by atoms with Gasteiger partial charge in [0.15, 0.2) is 0 Å². The number of likely N-dealkylation sites (tertiary alicyclic amines) is 1. The average molecular weight is 352 g/mol. The molecule has 3 rings (SSSR count). The second kappa shape index (κ2) is 7.08. The molecule has 2 heterocycles. The Morgan fingerprint density at radius 3 is 2.88 bits per heavy atom. The lowest BCUT2D eigenvalue weighted by atomic mass is 9.86. The molecule has 1 fully saturated rings. The Labute approximate surface area is 142 Å². The molecule has 1 amide bonds. The van der Waals surface area contributed by atoms with Gasteiger partial charge in [-0.25, -0.2) is 13.6 Å². The zero-order chi connectivity index (χ0) is 18.0. The largest absolute Gasteiger partial charge is 0.453 e. The smallest absolute Gasteiger partial charge is 0.409 e. The fraction of sp³-hybridized carbons (Fsp3) is 0.412. The van der Waals surface area contributed by atoms with Crippen LogP contribution in [-0.4, -0.2) is 35.8 Å². The molecular formula is C17H18F2N2O4. The number of aromatic amines is 1. The van der Waals surface area contributed by atoms with Crippen molar-refractivity contribution in [2.45, 2.75) is 31.2 Å². The summed E-state index contributed by atoms with van der Waals surface area (Å²) in [5, 5.41) is 2.25. The third-order valence-corrected chi connectivity index (χ3v) is 4.53. The minimum atomic E-state index is -0.537. The van der Waals surface area contributed by atoms with E-state index in [2.05, 4.69) is 5.16 Å². The van der Waals surface area contributed by atoms with Gasteiger partial charge in [0.2, 0.25) is 0 Å². The molecule has 8 heteroatoms. The molecule has 6 nitrogen and oxygen atoms in total. The second-order valence-corrected chi connectivity index (χ2v) is 6.09. The first-order valence-electron chi connectivity index (χ1n) is 7.95. The van der Waals surface area contributed by atoms with Crippen molar-refractivity contribution < 1.29 is 22.8 Å². The van der Waals surface area contributed by atoms with E-state index in [9.17, 15) is 18.4 Å². The number of piperidine rings is 1. The van der Waals surface area contributed by atoms with E-state index in [1.165, 1.54) is 18.1 Å². The molecule has 1 saturated heterocycles. The van der Waals surface area contributed by atoms with E-state index in [1.54, 1.807) is 0 Å². The fourth-order valence-corrected chi connectivity index (χ4v) is 3.31. The first-order valence-corrected chi connectivity index (χ1v) is 7.95. The summed E-state index contributed by atoms with van der Waals surface area (Å²) < 4.78 is 37.4. The van der Waals surface area contributed by atoms with Gasteiger partial charge in [0.05, 0.1) is 7.11 Å². The van der Waals surface area contributed by atoms with Gasteiger partial charge >= 0.3 is 6.09 Å². The monoisotopic (exact) mass is 352 g/mol. The second-order valence-electron chi connectivity index (χ2n) is 6.09. The van der Waals surface area contributed by atoms with Crippen LogP contribution < -0.4 is 5.56 Å². The Morgan fingerprint density at radius 2 is 2.20 bits per heavy atom. The molecule has 0 unspecified atom stereocenters. The molecule has 0 aliphatic carbocycles. The Kier molecular flexibility index (Phi) is 4.87. The zero-order valence-electron chi connectivity index (χ0n) is 13.6. The number of carbonyl (C=O) groups is 1. The fourth-order valence-electron chi connectivity index (χ4n) is 3.31. The SMILES string of the molecule is COC(=O)N1CC[C@@H](c2cc(=O)[nH]o2)C[C@@H]1Cc1cc(F)ccc1F. The molecule has 1 N–H and O–H groups in total. The van der Waals surface area contributed by atoms with Crippen LogP contribution in [0.15, 0.2) is 33.6 Å². The van der Waals surface area contributed by atoms with Gasteiger partial charge in [0.25, 0.3) is 5.56 Å². The molecular weight excluding hydrogens is 334 g/mol. The number of carbonyl (C=O) groups excluding carboxylic acids is 1. The summed E-state index contributed by atoms with van der Waals surface area (Å²) in [7, 11) is 1.28. The van der Waals surface area contributed by atoms with Crippen molar-refractivity contribution in [1.82, 2.24) is 10.1 Å². The van der Waals surface area contributed by atoms with Gasteiger partial charge in [-0.15, -0.1) is 0 Å². The van der Waals surface area contributed by atoms with Crippen LogP contribution in [0, 0.1) is 11.6 Å². The van der Waals surface area contributed by atoms with Crippen LogP contribution in [0.25, 0.3) is 0 Å². The van der Waals surface area contributed by atoms with Crippen molar-refractivity contribution in [1.29, 1.82) is 0 Å². The zero-order valence-corrected chi connectivity index (χ0v) is 13.6. The Hall–Kier alpha value is -2.64. The van der Waals surface area contributed by atoms with E-state index in [-0.39, 0.29) is 23.5 Å². The highest BCUT2D eigenvalue weighted by atomic mass is 19.1. The van der Waals surface area contributed by atoms with Crippen LogP contribution in [0.4, 0.5) is 13.6 Å². The van der Waals surface area contributed by atoms with Crippen molar-refractivity contribution >= 4 is 6.09 Å². The molecule has 134 valence electrons. The third-order valence-electron chi connectivity index (χ3n) is 4.53. The summed E-state index contributed by atoms with van der Waals surface area (Å²) in [5.74, 6) is -0.660. The van der Waals surface area contributed by atoms with E-state index in [0.717, 1.165) is 18.2 Å². The number of nitrogens with one attached hydrogen (secondary N) is 1. The van der Waals surface area contributed by atoms with Crippen molar-refractivity contribution in [3.05, 3.63) is 57.6 Å². The maximum absolute atomic E-state index is 14.0. The van der Waals surface area contributed by atoms with E-state index in [4.69, 9.17) is 9.26 Å². The van der Waals surface area contributed by atoms with Gasteiger partial charge in [-0.1, -0.05) is 0 Å². The highest BCUT2D eigenvalue weighted by molar-refractivity contribution is 5.68. The normalized spacial score (nSPS) is 20.5. The maximum atomic E-state index is 14.0. The summed E-state index contributed by atoms with van der Waals surface area (Å²) in [5.41, 5.74) is -0.145. The van der Waals surface area contributed by atoms with E-state index >= 15 is 0 Å². The minimum absolute atomic E-state index is 0.0959. The molecule has 1 aromatic heterocycles. The van der Waals surface area contributed by atoms with Crippen LogP contribution >= 0.6 is 0 Å². The number of halogens is 2. The molecule has 2 atom stereocenters. The maximum Gasteiger partial charge on any atom is 0.409 e. The highest BCUT2D eigenvalue weighted by Gasteiger charge is 2.35. The molecule has 0 saturated carbocycles. The van der Waals surface area contributed by atoms with Gasteiger partial charge in [-0.05, 0) is 43.0 Å². The van der Waals surface area contributed by atoms with Gasteiger partial charge in [0.1, 0.15) is 17.4 Å². The van der Waals surface area contributed by atoms with Crippen molar-refractivity contribution in [2.75, 3.05) is 13.7 Å². The molecule has 1 aliphatic rings. The number of ether oxygens (including phenoxy) is 1. The van der Waals surface area contributed by atoms with E-state index in [1.807, 2.05) is 0 Å². The highest BCUT2D eigenvalue weighted by Crippen LogP contribution is 2.33. The number of benzene rings is 1. The Bertz CT molecular complexity index is 817. The molecule has 0 bridgehead atoms. The van der Waals surface area contributed by atoms with Crippen LogP contribution in [0.5, 0.6) is 0 Å². The number of nitrogens with zero attached hydrogens (tertiary/aromatic N) is 1. The number of aromatic nitrogens is 1. The van der Waals surface area contributed by atoms with Crippen LogP contribution in [0.2, 0.25) is 0 Å². The topological polar surface area (TPSA) is 75.5 Å². The van der Waals surface area contributed by atoms with Crippen LogP contribution in [0.3, 0.4) is 0 Å². The predicted molar refractivity (Wildman–Crippen MR) is 84.3 cm³/mol. The standard InChI is InChI=1S/C17H18F2N2O4/c1-24-17(23)21-5-4-10(15-9-16(22)20-25-15)7-13(21)8-11-6-12(18)2-3-14(11)19/h2-3,6,9-10,13H,4-5,7-8H2,1H3,(H,20,22)/t10-,13-/m1/s1. The van der Waals surface area contributed by atoms with Crippen LogP contribution in [0.1, 0.15) is 30.1 Å². The summed E-state index contributed by atoms with van der Waals surface area (Å²) in [4.78, 5) is 24.8. The molecule has 1 aliphatic heterocycles. The Morgan fingerprint density at radius 1 is 1.40 bits per heavy atom. The molecule has 25 heavy (non-hydrogen) atoms. The van der Waals surface area contributed by atoms with E-state index < -0.39 is 23.8 Å². The van der Waals surface area contributed by atoms with Crippen molar-refractivity contribution in [3.8, 4) is 0 Å². The van der Waals surface area contributed by atoms with Crippen molar-refractivity contribution in [2.24, 2.45) is 0 Å². The van der Waals surface area contributed by atoms with Crippen molar-refractivity contribution in [3.63, 3.8) is 0 Å².